The van der Waals surface area contributed by atoms with Crippen LogP contribution >= 0.6 is 0 Å². The molecule has 0 radical (unpaired) electrons. The van der Waals surface area contributed by atoms with Crippen LogP contribution in [0.2, 0.25) is 6.82 Å². The fourth-order valence-corrected chi connectivity index (χ4v) is 6.28. The highest BCUT2D eigenvalue weighted by molar-refractivity contribution is 6.45. The average Bonchev–Trinajstić information content (AvgIpc) is 3.20. The summed E-state index contributed by atoms with van der Waals surface area (Å²) in [5.41, 5.74) is -5.93. The predicted molar refractivity (Wildman–Crippen MR) is 191 cm³/mol. The zero-order chi connectivity index (χ0) is 46.4. The van der Waals surface area contributed by atoms with Crippen molar-refractivity contribution in [1.82, 2.24) is 30.1 Å². The second-order valence-corrected chi connectivity index (χ2v) is 14.0. The molecule has 2 aliphatic heterocycles. The molecule has 2 aromatic carbocycles. The Morgan fingerprint density at radius 3 is 1.23 bits per heavy atom. The van der Waals surface area contributed by atoms with E-state index >= 15 is 0 Å². The third kappa shape index (κ3) is 14.0. The van der Waals surface area contributed by atoms with E-state index in [-0.39, 0.29) is 46.5 Å². The minimum Gasteiger partial charge on any atom is -0.475 e. The molecule has 4 heterocycles. The maximum absolute atomic E-state index is 13.1. The van der Waals surface area contributed by atoms with Gasteiger partial charge in [-0.25, -0.2) is 24.7 Å². The number of benzene rings is 2. The van der Waals surface area contributed by atoms with Gasteiger partial charge in [0.15, 0.2) is 0 Å². The molecular weight excluding hydrogens is 872 g/mol. The summed E-state index contributed by atoms with van der Waals surface area (Å²) in [5, 5.41) is 19.9. The van der Waals surface area contributed by atoms with Gasteiger partial charge in [-0.3, -0.25) is 0 Å². The summed E-state index contributed by atoms with van der Waals surface area (Å²) < 4.78 is 188. The van der Waals surface area contributed by atoms with Crippen LogP contribution in [0.15, 0.2) is 60.9 Å². The molecule has 25 heteroatoms. The van der Waals surface area contributed by atoms with E-state index in [1.807, 2.05) is 4.81 Å². The molecule has 0 atom stereocenters. The first kappa shape index (κ1) is 49.6. The normalized spacial score (nSPS) is 16.1. The third-order valence-corrected chi connectivity index (χ3v) is 9.49. The molecule has 0 amide bonds. The van der Waals surface area contributed by atoms with Gasteiger partial charge in [0.05, 0.1) is 33.6 Å². The van der Waals surface area contributed by atoms with Crippen LogP contribution in [0, 0.1) is 0 Å². The van der Waals surface area contributed by atoms with Crippen LogP contribution in [0.25, 0.3) is 22.5 Å². The highest BCUT2D eigenvalue weighted by Crippen LogP contribution is 2.40. The molecule has 62 heavy (non-hydrogen) atoms. The van der Waals surface area contributed by atoms with Crippen molar-refractivity contribution in [3.63, 3.8) is 0 Å². The Bertz CT molecular complexity index is 2070. The summed E-state index contributed by atoms with van der Waals surface area (Å²) in [6, 6.07) is 5.52. The summed E-state index contributed by atoms with van der Waals surface area (Å²) in [5.74, 6) is -2.00. The number of piperidine rings is 2. The summed E-state index contributed by atoms with van der Waals surface area (Å²) in [6.07, 6.45) is -19.2. The van der Waals surface area contributed by atoms with E-state index in [2.05, 4.69) is 25.3 Å². The summed E-state index contributed by atoms with van der Waals surface area (Å²) in [6.45, 7) is 4.37. The SMILES string of the molecule is CB(O)N1CCC(c2nccc(-c3cc(C(F)(F)F)cc(C(F)(F)F)c3)n2)CC1.FC(F)(F)c1cc(-c2ccnc(C3CCNCC3)n2)cc(C(F)(F)F)c1.O=C(O)C(F)(F)F. The molecule has 4 aromatic rings. The largest absolute Gasteiger partial charge is 0.490 e. The van der Waals surface area contributed by atoms with Gasteiger partial charge in [0, 0.05) is 35.4 Å². The Morgan fingerprint density at radius 2 is 0.935 bits per heavy atom. The van der Waals surface area contributed by atoms with Gasteiger partial charge in [0.2, 0.25) is 0 Å². The van der Waals surface area contributed by atoms with Gasteiger partial charge in [0.25, 0.3) is 0 Å². The monoisotopic (exact) mass is 906 g/mol. The minimum absolute atomic E-state index is 0.00422. The van der Waals surface area contributed by atoms with E-state index in [1.54, 1.807) is 6.82 Å². The number of aromatic nitrogens is 4. The summed E-state index contributed by atoms with van der Waals surface area (Å²) in [4.78, 5) is 27.6. The van der Waals surface area contributed by atoms with Crippen LogP contribution in [0.1, 0.15) is 71.4 Å². The van der Waals surface area contributed by atoms with Crippen molar-refractivity contribution in [2.45, 2.75) is 75.2 Å². The maximum atomic E-state index is 13.1. The van der Waals surface area contributed by atoms with Gasteiger partial charge in [0.1, 0.15) is 11.6 Å². The molecule has 0 bridgehead atoms. The second-order valence-electron chi connectivity index (χ2n) is 14.0. The van der Waals surface area contributed by atoms with E-state index in [0.29, 0.717) is 61.8 Å². The molecule has 338 valence electrons. The Labute approximate surface area is 342 Å². The number of carboxylic acid groups (broad SMARTS) is 1. The van der Waals surface area contributed by atoms with Crippen LogP contribution in [-0.4, -0.2) is 80.3 Å². The number of carboxylic acids is 1. The van der Waals surface area contributed by atoms with Crippen molar-refractivity contribution in [3.05, 3.63) is 94.8 Å². The molecule has 0 spiro atoms. The number of rotatable bonds is 5. The third-order valence-electron chi connectivity index (χ3n) is 9.49. The number of alkyl halides is 15. The lowest BCUT2D eigenvalue weighted by molar-refractivity contribution is -0.192. The van der Waals surface area contributed by atoms with Crippen molar-refractivity contribution >= 4 is 13.0 Å². The van der Waals surface area contributed by atoms with Crippen LogP contribution in [-0.2, 0) is 29.5 Å². The summed E-state index contributed by atoms with van der Waals surface area (Å²) >= 11 is 0. The summed E-state index contributed by atoms with van der Waals surface area (Å²) in [7, 11) is -0.589. The van der Waals surface area contributed by atoms with Crippen molar-refractivity contribution in [2.24, 2.45) is 0 Å². The van der Waals surface area contributed by atoms with Gasteiger partial charge >= 0.3 is 43.9 Å². The fourth-order valence-electron chi connectivity index (χ4n) is 6.28. The number of nitrogens with zero attached hydrogens (tertiary/aromatic N) is 5. The van der Waals surface area contributed by atoms with E-state index < -0.39 is 66.2 Å². The van der Waals surface area contributed by atoms with Crippen molar-refractivity contribution in [3.8, 4) is 22.5 Å². The number of hydrogen-bond donors (Lipinski definition) is 3. The molecule has 0 unspecified atom stereocenters. The van der Waals surface area contributed by atoms with Crippen molar-refractivity contribution in [2.75, 3.05) is 26.2 Å². The fraction of sp³-hybridized carbons (Fsp3) is 0.432. The van der Waals surface area contributed by atoms with E-state index in [4.69, 9.17) is 9.90 Å². The highest BCUT2D eigenvalue weighted by atomic mass is 19.4. The second kappa shape index (κ2) is 19.6. The lowest BCUT2D eigenvalue weighted by Gasteiger charge is -2.31. The lowest BCUT2D eigenvalue weighted by atomic mass is 9.81. The Balaban J connectivity index is 0.000000237. The average molecular weight is 906 g/mol. The molecular formula is C37H34BF15N6O3. The van der Waals surface area contributed by atoms with Gasteiger partial charge in [-0.15, -0.1) is 0 Å². The quantitative estimate of drug-likeness (QED) is 0.133. The predicted octanol–water partition coefficient (Wildman–Crippen LogP) is 9.75. The topological polar surface area (TPSA) is 124 Å². The van der Waals surface area contributed by atoms with Crippen molar-refractivity contribution < 1.29 is 80.8 Å². The molecule has 2 aromatic heterocycles. The van der Waals surface area contributed by atoms with E-state index in [9.17, 15) is 70.9 Å². The number of aliphatic carboxylic acids is 1. The molecule has 2 aliphatic rings. The van der Waals surface area contributed by atoms with E-state index in [1.165, 1.54) is 24.5 Å². The first-order valence-corrected chi connectivity index (χ1v) is 18.2. The zero-order valence-electron chi connectivity index (χ0n) is 31.9. The molecule has 9 nitrogen and oxygen atoms in total. The van der Waals surface area contributed by atoms with Crippen molar-refractivity contribution in [1.29, 1.82) is 0 Å². The molecule has 0 saturated carbocycles. The smallest absolute Gasteiger partial charge is 0.475 e. The van der Waals surface area contributed by atoms with Gasteiger partial charge < -0.3 is 20.3 Å². The molecule has 6 rings (SSSR count). The van der Waals surface area contributed by atoms with Gasteiger partial charge in [-0.05, 0) is 107 Å². The number of hydrogen-bond acceptors (Lipinski definition) is 8. The van der Waals surface area contributed by atoms with Crippen LogP contribution in [0.5, 0.6) is 0 Å². The first-order valence-electron chi connectivity index (χ1n) is 18.2. The van der Waals surface area contributed by atoms with Crippen LogP contribution in [0.3, 0.4) is 0 Å². The highest BCUT2D eigenvalue weighted by Gasteiger charge is 2.40. The van der Waals surface area contributed by atoms with E-state index in [0.717, 1.165) is 25.9 Å². The number of nitrogens with one attached hydrogen (secondary N) is 1. The first-order chi connectivity index (χ1) is 28.5. The molecule has 2 saturated heterocycles. The molecule has 2 fully saturated rings. The van der Waals surface area contributed by atoms with Gasteiger partial charge in [-0.1, -0.05) is 0 Å². The lowest BCUT2D eigenvalue weighted by Crippen LogP contribution is -2.42. The zero-order valence-corrected chi connectivity index (χ0v) is 31.9. The molecule has 3 N–H and O–H groups in total. The minimum atomic E-state index is -5.08. The Hall–Kier alpha value is -5.04. The molecule has 0 aliphatic carbocycles. The Morgan fingerprint density at radius 1 is 0.613 bits per heavy atom. The van der Waals surface area contributed by atoms with Crippen LogP contribution < -0.4 is 5.32 Å². The maximum Gasteiger partial charge on any atom is 0.490 e. The standard InChI is InChI=1S/C18H18BF6N3O.C17H15F6N3.C2HF3O2/c1-19(29)28-6-3-11(4-7-28)16-26-5-2-15(27-16)12-8-13(17(20,21)22)10-14(9-12)18(23,24)25;18-16(19,20)12-7-11(8-13(9-12)17(21,22)23)14-3-6-25-15(26-14)10-1-4-24-5-2-10;3-2(4,5)1(6)7/h2,5,8-11,29H,3-4,6-7H2,1H3;3,6-10,24H,1-2,4-5H2;(H,6,7). The van der Waals surface area contributed by atoms with Gasteiger partial charge in [-0.2, -0.15) is 65.9 Å². The Kier molecular flexibility index (Phi) is 15.7. The van der Waals surface area contributed by atoms with Crippen LogP contribution in [0.4, 0.5) is 65.9 Å². The number of carbonyl (C=O) groups is 1. The number of halogens is 15.